The predicted molar refractivity (Wildman–Crippen MR) is 98.8 cm³/mol. The summed E-state index contributed by atoms with van der Waals surface area (Å²) in [5, 5.41) is 3.83. The Hall–Kier alpha value is -2.39. The third kappa shape index (κ3) is 4.48. The van der Waals surface area contributed by atoms with Gasteiger partial charge in [0.1, 0.15) is 10.6 Å². The number of amides is 1. The number of benzene rings is 1. The highest BCUT2D eigenvalue weighted by Crippen LogP contribution is 2.30. The Morgan fingerprint density at radius 2 is 2.15 bits per heavy atom. The van der Waals surface area contributed by atoms with E-state index in [1.165, 1.54) is 13.2 Å². The minimum atomic E-state index is -3.78. The third-order valence-corrected chi connectivity index (χ3v) is 5.92. The maximum atomic E-state index is 12.7. The molecule has 0 radical (unpaired) electrons. The van der Waals surface area contributed by atoms with Gasteiger partial charge >= 0.3 is 0 Å². The van der Waals surface area contributed by atoms with E-state index in [1.54, 1.807) is 30.0 Å². The van der Waals surface area contributed by atoms with Crippen LogP contribution in [0.2, 0.25) is 0 Å². The van der Waals surface area contributed by atoms with Crippen LogP contribution in [0.4, 0.5) is 0 Å². The molecule has 27 heavy (non-hydrogen) atoms. The minimum absolute atomic E-state index is 0.0359. The molecule has 0 spiro atoms. The molecule has 1 aliphatic heterocycles. The monoisotopic (exact) mass is 393 g/mol. The van der Waals surface area contributed by atoms with Crippen molar-refractivity contribution in [1.82, 2.24) is 14.8 Å². The Morgan fingerprint density at radius 1 is 1.33 bits per heavy atom. The van der Waals surface area contributed by atoms with E-state index in [9.17, 15) is 13.2 Å². The molecule has 0 unspecified atom stereocenters. The second-order valence-corrected chi connectivity index (χ2v) is 8.17. The minimum Gasteiger partial charge on any atom is -0.495 e. The number of rotatable bonds is 8. The van der Waals surface area contributed by atoms with Gasteiger partial charge < -0.3 is 14.2 Å². The van der Waals surface area contributed by atoms with Gasteiger partial charge in [0.25, 0.3) is 0 Å². The summed E-state index contributed by atoms with van der Waals surface area (Å²) in [5.74, 6) is 0.867. The molecule has 0 saturated carbocycles. The van der Waals surface area contributed by atoms with Gasteiger partial charge in [0, 0.05) is 37.7 Å². The molecule has 0 atom stereocenters. The number of carbonyl (C=O) groups is 1. The van der Waals surface area contributed by atoms with Crippen LogP contribution in [0.25, 0.3) is 11.3 Å². The average Bonchev–Trinajstić information content (AvgIpc) is 3.26. The zero-order valence-corrected chi connectivity index (χ0v) is 16.2. The molecule has 1 aromatic carbocycles. The Labute approximate surface area is 158 Å². The lowest BCUT2D eigenvalue weighted by Gasteiger charge is -2.16. The summed E-state index contributed by atoms with van der Waals surface area (Å²) < 4.78 is 38.5. The normalized spacial score (nSPS) is 14.7. The summed E-state index contributed by atoms with van der Waals surface area (Å²) in [5.41, 5.74) is 1.30. The van der Waals surface area contributed by atoms with Crippen LogP contribution in [0.15, 0.2) is 33.7 Å². The van der Waals surface area contributed by atoms with E-state index in [0.717, 1.165) is 13.0 Å². The molecule has 2 heterocycles. The smallest absolute Gasteiger partial charge is 0.244 e. The molecule has 1 amide bonds. The number of aryl methyl sites for hydroxylation is 1. The van der Waals surface area contributed by atoms with E-state index in [2.05, 4.69) is 9.88 Å². The molecule has 8 nitrogen and oxygen atoms in total. The summed E-state index contributed by atoms with van der Waals surface area (Å²) in [4.78, 5) is 13.4. The van der Waals surface area contributed by atoms with Gasteiger partial charge in [0.2, 0.25) is 15.9 Å². The van der Waals surface area contributed by atoms with Crippen LogP contribution < -0.4 is 9.46 Å². The largest absolute Gasteiger partial charge is 0.495 e. The number of nitrogens with one attached hydrogen (secondary N) is 1. The first-order chi connectivity index (χ1) is 12.9. The van der Waals surface area contributed by atoms with Gasteiger partial charge in [-0.05, 0) is 38.0 Å². The van der Waals surface area contributed by atoms with Crippen molar-refractivity contribution in [3.05, 3.63) is 30.0 Å². The zero-order chi connectivity index (χ0) is 19.4. The Balaban J connectivity index is 1.71. The van der Waals surface area contributed by atoms with Crippen molar-refractivity contribution in [2.24, 2.45) is 0 Å². The van der Waals surface area contributed by atoms with Gasteiger partial charge in [0.05, 0.1) is 12.8 Å². The van der Waals surface area contributed by atoms with Crippen LogP contribution in [0.5, 0.6) is 5.75 Å². The molecule has 1 aliphatic rings. The van der Waals surface area contributed by atoms with E-state index >= 15 is 0 Å². The zero-order valence-electron chi connectivity index (χ0n) is 15.4. The number of ether oxygens (including phenoxy) is 1. The van der Waals surface area contributed by atoms with Crippen molar-refractivity contribution in [3.8, 4) is 17.1 Å². The van der Waals surface area contributed by atoms with Gasteiger partial charge in [-0.15, -0.1) is 0 Å². The number of hydrogen-bond donors (Lipinski definition) is 1. The van der Waals surface area contributed by atoms with Crippen LogP contribution in [0.1, 0.15) is 25.0 Å². The highest BCUT2D eigenvalue weighted by Gasteiger charge is 2.22. The molecular weight excluding hydrogens is 370 g/mol. The number of aromatic nitrogens is 1. The number of likely N-dealkylation sites (tertiary alicyclic amines) is 1. The first-order valence-electron chi connectivity index (χ1n) is 8.80. The van der Waals surface area contributed by atoms with Crippen molar-refractivity contribution in [3.63, 3.8) is 0 Å². The highest BCUT2D eigenvalue weighted by atomic mass is 32.2. The molecular formula is C18H23N3O5S. The first-order valence-corrected chi connectivity index (χ1v) is 10.3. The number of carbonyl (C=O) groups excluding carboxylic acids is 1. The highest BCUT2D eigenvalue weighted by molar-refractivity contribution is 7.89. The van der Waals surface area contributed by atoms with Gasteiger partial charge in [0.15, 0.2) is 5.76 Å². The van der Waals surface area contributed by atoms with Crippen LogP contribution >= 0.6 is 0 Å². The van der Waals surface area contributed by atoms with E-state index in [-0.39, 0.29) is 23.1 Å². The molecule has 1 saturated heterocycles. The molecule has 0 bridgehead atoms. The van der Waals surface area contributed by atoms with Gasteiger partial charge in [-0.1, -0.05) is 5.16 Å². The van der Waals surface area contributed by atoms with E-state index < -0.39 is 10.0 Å². The van der Waals surface area contributed by atoms with E-state index in [4.69, 9.17) is 9.26 Å². The second-order valence-electron chi connectivity index (χ2n) is 6.43. The van der Waals surface area contributed by atoms with Gasteiger partial charge in [-0.25, -0.2) is 13.1 Å². The lowest BCUT2D eigenvalue weighted by atomic mass is 10.1. The molecule has 1 N–H and O–H groups in total. The van der Waals surface area contributed by atoms with Gasteiger partial charge in [-0.3, -0.25) is 4.79 Å². The predicted octanol–water partition coefficient (Wildman–Crippen LogP) is 1.95. The van der Waals surface area contributed by atoms with Crippen molar-refractivity contribution < 1.29 is 22.5 Å². The Morgan fingerprint density at radius 3 is 2.78 bits per heavy atom. The number of hydrogen-bond acceptors (Lipinski definition) is 6. The van der Waals surface area contributed by atoms with Crippen molar-refractivity contribution in [2.75, 3.05) is 26.7 Å². The van der Waals surface area contributed by atoms with Crippen molar-refractivity contribution >= 4 is 15.9 Å². The lowest BCUT2D eigenvalue weighted by molar-refractivity contribution is -0.127. The summed E-state index contributed by atoms with van der Waals surface area (Å²) in [6.07, 6.45) is 2.00. The SMILES string of the molecule is COc1ccc(-c2cc(C)no2)cc1S(=O)(=O)NCCCN1CCCC1=O. The van der Waals surface area contributed by atoms with Crippen LogP contribution in [0, 0.1) is 6.92 Å². The third-order valence-electron chi connectivity index (χ3n) is 4.43. The van der Waals surface area contributed by atoms with Crippen molar-refractivity contribution in [1.29, 1.82) is 0 Å². The molecule has 0 aliphatic carbocycles. The quantitative estimate of drug-likeness (QED) is 0.688. The molecule has 146 valence electrons. The number of methoxy groups -OCH3 is 1. The summed E-state index contributed by atoms with van der Waals surface area (Å²) in [7, 11) is -2.35. The van der Waals surface area contributed by atoms with Crippen LogP contribution in [-0.4, -0.2) is 51.1 Å². The summed E-state index contributed by atoms with van der Waals surface area (Å²) in [6.45, 7) is 3.33. The average molecular weight is 393 g/mol. The second kappa shape index (κ2) is 8.10. The van der Waals surface area contributed by atoms with Crippen LogP contribution in [-0.2, 0) is 14.8 Å². The molecule has 1 fully saturated rings. The van der Waals surface area contributed by atoms with Crippen molar-refractivity contribution in [2.45, 2.75) is 31.1 Å². The molecule has 2 aromatic rings. The lowest BCUT2D eigenvalue weighted by Crippen LogP contribution is -2.30. The molecule has 9 heteroatoms. The Bertz CT molecular complexity index is 923. The van der Waals surface area contributed by atoms with Crippen LogP contribution in [0.3, 0.4) is 0 Å². The summed E-state index contributed by atoms with van der Waals surface area (Å²) in [6, 6.07) is 6.55. The maximum Gasteiger partial charge on any atom is 0.244 e. The number of sulfonamides is 1. The topological polar surface area (TPSA) is 102 Å². The Kier molecular flexibility index (Phi) is 5.81. The van der Waals surface area contributed by atoms with E-state index in [1.807, 2.05) is 0 Å². The van der Waals surface area contributed by atoms with E-state index in [0.29, 0.717) is 36.4 Å². The fourth-order valence-corrected chi connectivity index (χ4v) is 4.30. The fraction of sp³-hybridized carbons (Fsp3) is 0.444. The number of nitrogens with zero attached hydrogens (tertiary/aromatic N) is 2. The fourth-order valence-electron chi connectivity index (χ4n) is 3.03. The molecule has 1 aromatic heterocycles. The standard InChI is InChI=1S/C18H23N3O5S/c1-13-11-16(26-20-13)14-6-7-15(25-2)17(12-14)27(23,24)19-8-4-10-21-9-3-5-18(21)22/h6-7,11-12,19H,3-5,8-10H2,1-2H3. The maximum absolute atomic E-state index is 12.7. The summed E-state index contributed by atoms with van der Waals surface area (Å²) >= 11 is 0. The molecule has 3 rings (SSSR count). The van der Waals surface area contributed by atoms with Gasteiger partial charge in [-0.2, -0.15) is 0 Å². The first kappa shape index (κ1) is 19.4.